The molecule has 170 valence electrons. The standard InChI is InChI=1S/C24H26O.C6H12O/c1-2-11-24(25-16-5-1)23-10-6-9-19-21-13-12-17-7-3-4-8-18(17)20(21)14-15-22(19)23;1-2-4-6-7-5-3-1/h3-4,7-8,12,14-15,24H,1-2,5-6,9-11,13,16H2;1-6H2. The van der Waals surface area contributed by atoms with E-state index in [0.717, 1.165) is 26.2 Å². The van der Waals surface area contributed by atoms with Crippen molar-refractivity contribution in [2.24, 2.45) is 0 Å². The van der Waals surface area contributed by atoms with Gasteiger partial charge in [0.15, 0.2) is 0 Å². The maximum atomic E-state index is 6.25. The monoisotopic (exact) mass is 430 g/mol. The fourth-order valence-electron chi connectivity index (χ4n) is 5.88. The van der Waals surface area contributed by atoms with E-state index in [9.17, 15) is 0 Å². The Labute approximate surface area is 192 Å². The van der Waals surface area contributed by atoms with Crippen LogP contribution < -0.4 is 10.4 Å². The van der Waals surface area contributed by atoms with Gasteiger partial charge in [0.2, 0.25) is 0 Å². The van der Waals surface area contributed by atoms with E-state index in [1.807, 2.05) is 0 Å². The summed E-state index contributed by atoms with van der Waals surface area (Å²) in [5, 5.41) is 5.77. The molecule has 0 bridgehead atoms. The number of rotatable bonds is 1. The minimum Gasteiger partial charge on any atom is -0.381 e. The van der Waals surface area contributed by atoms with Crippen molar-refractivity contribution in [3.63, 3.8) is 0 Å². The van der Waals surface area contributed by atoms with Gasteiger partial charge in [-0.3, -0.25) is 0 Å². The Morgan fingerprint density at radius 1 is 0.625 bits per heavy atom. The first kappa shape index (κ1) is 21.9. The summed E-state index contributed by atoms with van der Waals surface area (Å²) >= 11 is 0. The molecule has 2 saturated heterocycles. The molecule has 32 heavy (non-hydrogen) atoms. The van der Waals surface area contributed by atoms with Crippen LogP contribution in [0.3, 0.4) is 0 Å². The van der Waals surface area contributed by atoms with Crippen molar-refractivity contribution in [1.82, 2.24) is 0 Å². The SMILES string of the molecule is C1=c2ccccc2=c2ccc3c(c2C1)CCCC=3C1CCCCCO1.C1CCCOCC1. The van der Waals surface area contributed by atoms with Crippen LogP contribution in [-0.4, -0.2) is 25.9 Å². The van der Waals surface area contributed by atoms with E-state index in [2.05, 4.69) is 42.5 Å². The van der Waals surface area contributed by atoms with Crippen LogP contribution in [0.5, 0.6) is 0 Å². The molecule has 1 atom stereocenters. The summed E-state index contributed by atoms with van der Waals surface area (Å²) in [6.45, 7) is 2.94. The van der Waals surface area contributed by atoms with Crippen molar-refractivity contribution in [3.8, 4) is 0 Å². The van der Waals surface area contributed by atoms with Gasteiger partial charge < -0.3 is 9.47 Å². The number of hydrogen-bond acceptors (Lipinski definition) is 2. The summed E-state index contributed by atoms with van der Waals surface area (Å²) in [6.07, 6.45) is 18.0. The molecule has 2 nitrogen and oxygen atoms in total. The van der Waals surface area contributed by atoms with Gasteiger partial charge in [-0.25, -0.2) is 0 Å². The predicted molar refractivity (Wildman–Crippen MR) is 132 cm³/mol. The Hall–Kier alpha value is -1.90. The molecule has 2 aliphatic carbocycles. The van der Waals surface area contributed by atoms with Crippen molar-refractivity contribution >= 4 is 11.6 Å². The number of benzene rings is 2. The Kier molecular flexibility index (Phi) is 7.41. The molecule has 4 aliphatic rings. The first-order chi connectivity index (χ1) is 15.9. The molecule has 2 aliphatic heterocycles. The van der Waals surface area contributed by atoms with E-state index in [4.69, 9.17) is 9.47 Å². The van der Waals surface area contributed by atoms with E-state index >= 15 is 0 Å². The summed E-state index contributed by atoms with van der Waals surface area (Å²) in [7, 11) is 0. The minimum absolute atomic E-state index is 0.361. The zero-order chi connectivity index (χ0) is 21.6. The summed E-state index contributed by atoms with van der Waals surface area (Å²) in [6, 6.07) is 13.6. The van der Waals surface area contributed by atoms with Gasteiger partial charge in [-0.15, -0.1) is 0 Å². The average Bonchev–Trinajstić information content (AvgIpc) is 3.32. The first-order valence-corrected chi connectivity index (χ1v) is 13.0. The Morgan fingerprint density at radius 3 is 2.31 bits per heavy atom. The third-order valence-corrected chi connectivity index (χ3v) is 7.57. The highest BCUT2D eigenvalue weighted by atomic mass is 16.5. The summed E-state index contributed by atoms with van der Waals surface area (Å²) in [4.78, 5) is 0. The van der Waals surface area contributed by atoms with Crippen LogP contribution in [0.25, 0.3) is 11.6 Å². The zero-order valence-corrected chi connectivity index (χ0v) is 19.5. The quantitative estimate of drug-likeness (QED) is 0.608. The van der Waals surface area contributed by atoms with E-state index in [1.54, 1.807) is 16.7 Å². The van der Waals surface area contributed by atoms with Crippen molar-refractivity contribution in [3.05, 3.63) is 68.4 Å². The molecule has 0 spiro atoms. The molecule has 2 fully saturated rings. The Balaban J connectivity index is 0.000000265. The fourth-order valence-corrected chi connectivity index (χ4v) is 5.88. The molecular weight excluding hydrogens is 392 g/mol. The Morgan fingerprint density at radius 2 is 1.41 bits per heavy atom. The lowest BCUT2D eigenvalue weighted by Gasteiger charge is -2.25. The molecule has 0 saturated carbocycles. The largest absolute Gasteiger partial charge is 0.381 e. The van der Waals surface area contributed by atoms with E-state index in [0.29, 0.717) is 6.10 Å². The summed E-state index contributed by atoms with van der Waals surface area (Å²) in [5.74, 6) is 0. The van der Waals surface area contributed by atoms with E-state index < -0.39 is 0 Å². The van der Waals surface area contributed by atoms with E-state index in [1.165, 1.54) is 91.5 Å². The molecular formula is C30H38O2. The van der Waals surface area contributed by atoms with E-state index in [-0.39, 0.29) is 0 Å². The van der Waals surface area contributed by atoms with Crippen LogP contribution in [0.15, 0.2) is 36.4 Å². The molecule has 2 aromatic carbocycles. The molecule has 2 heteroatoms. The number of fused-ring (bicyclic) bond motifs is 4. The second-order valence-corrected chi connectivity index (χ2v) is 9.73. The molecule has 6 rings (SSSR count). The maximum Gasteiger partial charge on any atom is 0.0793 e. The molecule has 0 aromatic heterocycles. The molecule has 0 radical (unpaired) electrons. The van der Waals surface area contributed by atoms with Crippen molar-refractivity contribution < 1.29 is 9.47 Å². The molecule has 0 N–H and O–H groups in total. The topological polar surface area (TPSA) is 18.5 Å². The molecule has 2 aromatic rings. The first-order valence-electron chi connectivity index (χ1n) is 13.0. The maximum absolute atomic E-state index is 6.25. The number of ether oxygens (including phenoxy) is 2. The molecule has 1 unspecified atom stereocenters. The smallest absolute Gasteiger partial charge is 0.0793 e. The van der Waals surface area contributed by atoms with Gasteiger partial charge in [0.05, 0.1) is 6.10 Å². The lowest BCUT2D eigenvalue weighted by molar-refractivity contribution is 0.0949. The summed E-state index contributed by atoms with van der Waals surface area (Å²) < 4.78 is 11.4. The highest BCUT2D eigenvalue weighted by molar-refractivity contribution is 5.56. The van der Waals surface area contributed by atoms with Crippen LogP contribution in [0, 0.1) is 10.4 Å². The van der Waals surface area contributed by atoms with Crippen molar-refractivity contribution in [2.75, 3.05) is 19.8 Å². The van der Waals surface area contributed by atoms with Gasteiger partial charge in [-0.1, -0.05) is 68.2 Å². The lowest BCUT2D eigenvalue weighted by atomic mass is 9.83. The minimum atomic E-state index is 0.361. The van der Waals surface area contributed by atoms with Gasteiger partial charge in [-0.05, 0) is 88.9 Å². The van der Waals surface area contributed by atoms with Gasteiger partial charge >= 0.3 is 0 Å². The Bertz CT molecular complexity index is 1100. The fraction of sp³-hybridized carbons (Fsp3) is 0.533. The van der Waals surface area contributed by atoms with Crippen LogP contribution in [-0.2, 0) is 22.3 Å². The normalized spacial score (nSPS) is 22.6. The van der Waals surface area contributed by atoms with Crippen LogP contribution in [0.4, 0.5) is 0 Å². The number of hydrogen-bond donors (Lipinski definition) is 0. The molecule has 2 heterocycles. The average molecular weight is 431 g/mol. The highest BCUT2D eigenvalue weighted by Crippen LogP contribution is 2.28. The molecule has 0 amide bonds. The third-order valence-electron chi connectivity index (χ3n) is 7.57. The highest BCUT2D eigenvalue weighted by Gasteiger charge is 2.22. The van der Waals surface area contributed by atoms with Crippen LogP contribution >= 0.6 is 0 Å². The van der Waals surface area contributed by atoms with Gasteiger partial charge in [0.1, 0.15) is 0 Å². The van der Waals surface area contributed by atoms with Crippen molar-refractivity contribution in [1.29, 1.82) is 0 Å². The lowest BCUT2D eigenvalue weighted by Crippen LogP contribution is -2.28. The second-order valence-electron chi connectivity index (χ2n) is 9.73. The summed E-state index contributed by atoms with van der Waals surface area (Å²) in [5.41, 5.74) is 4.77. The zero-order valence-electron chi connectivity index (χ0n) is 19.5. The van der Waals surface area contributed by atoms with Crippen molar-refractivity contribution in [2.45, 2.75) is 83.2 Å². The van der Waals surface area contributed by atoms with Gasteiger partial charge in [-0.2, -0.15) is 0 Å². The second kappa shape index (κ2) is 10.8. The van der Waals surface area contributed by atoms with Gasteiger partial charge in [0.25, 0.3) is 0 Å². The van der Waals surface area contributed by atoms with Crippen LogP contribution in [0.1, 0.15) is 75.3 Å². The third kappa shape index (κ3) is 4.87. The van der Waals surface area contributed by atoms with Gasteiger partial charge in [0, 0.05) is 19.8 Å². The van der Waals surface area contributed by atoms with Crippen LogP contribution in [0.2, 0.25) is 0 Å². The predicted octanol–water partition coefficient (Wildman–Crippen LogP) is 5.33.